The molecule has 7 aromatic rings. The molecule has 262 valence electrons. The normalized spacial score (nSPS) is 19.4. The summed E-state index contributed by atoms with van der Waals surface area (Å²) >= 11 is 0. The van der Waals surface area contributed by atoms with Crippen molar-refractivity contribution in [1.82, 2.24) is 14.8 Å². The number of rotatable bonds is 10. The predicted molar refractivity (Wildman–Crippen MR) is 218 cm³/mol. The van der Waals surface area contributed by atoms with Crippen LogP contribution in [0.3, 0.4) is 0 Å². The van der Waals surface area contributed by atoms with Gasteiger partial charge in [0.25, 0.3) is 0 Å². The molecule has 1 aromatic heterocycles. The first-order chi connectivity index (χ1) is 26.8. The van der Waals surface area contributed by atoms with Gasteiger partial charge in [-0.05, 0) is 45.5 Å². The second-order valence-electron chi connectivity index (χ2n) is 14.0. The Kier molecular flexibility index (Phi) is 9.35. The van der Waals surface area contributed by atoms with E-state index in [0.29, 0.717) is 13.1 Å². The quantitative estimate of drug-likeness (QED) is 0.143. The summed E-state index contributed by atoms with van der Waals surface area (Å²) in [5.74, 6) is 1.77. The minimum Gasteiger partial charge on any atom is -0.341 e. The number of hydrogen-bond donors (Lipinski definition) is 0. The lowest BCUT2D eigenvalue weighted by Crippen LogP contribution is -2.34. The zero-order chi connectivity index (χ0) is 36.1. The van der Waals surface area contributed by atoms with Crippen molar-refractivity contribution in [3.05, 3.63) is 245 Å². The Balaban J connectivity index is 1.18. The van der Waals surface area contributed by atoms with Gasteiger partial charge in [0, 0.05) is 13.1 Å². The molecule has 0 bridgehead atoms. The van der Waals surface area contributed by atoms with Crippen molar-refractivity contribution in [1.29, 1.82) is 0 Å². The molecule has 54 heavy (non-hydrogen) atoms. The van der Waals surface area contributed by atoms with E-state index in [-0.39, 0.29) is 24.2 Å². The van der Waals surface area contributed by atoms with Gasteiger partial charge in [-0.25, -0.2) is 4.98 Å². The number of nitrogens with zero attached hydrogens (tertiary/aromatic N) is 5. The van der Waals surface area contributed by atoms with E-state index in [9.17, 15) is 0 Å². The molecule has 0 aliphatic carbocycles. The van der Waals surface area contributed by atoms with Gasteiger partial charge < -0.3 is 9.80 Å². The molecule has 0 saturated heterocycles. The van der Waals surface area contributed by atoms with Gasteiger partial charge in [0.15, 0.2) is 11.7 Å². The zero-order valence-corrected chi connectivity index (χ0v) is 30.0. The van der Waals surface area contributed by atoms with Crippen LogP contribution >= 0.6 is 0 Å². The number of aliphatic imine (C=N–C) groups is 2. The molecule has 0 spiro atoms. The van der Waals surface area contributed by atoms with Gasteiger partial charge in [-0.3, -0.25) is 9.98 Å². The van der Waals surface area contributed by atoms with Crippen molar-refractivity contribution in [2.24, 2.45) is 9.98 Å². The number of benzene rings is 6. The molecule has 0 N–H and O–H groups in total. The zero-order valence-electron chi connectivity index (χ0n) is 30.0. The number of amidine groups is 2. The van der Waals surface area contributed by atoms with Crippen molar-refractivity contribution >= 4 is 11.7 Å². The summed E-state index contributed by atoms with van der Waals surface area (Å²) in [5.41, 5.74) is 8.94. The molecular weight excluding hydrogens is 659 g/mol. The number of pyridine rings is 1. The van der Waals surface area contributed by atoms with E-state index in [1.165, 1.54) is 33.4 Å². The van der Waals surface area contributed by atoms with Crippen LogP contribution in [-0.2, 0) is 13.1 Å². The molecule has 0 unspecified atom stereocenters. The Morgan fingerprint density at radius 1 is 0.333 bits per heavy atom. The second kappa shape index (κ2) is 15.2. The maximum absolute atomic E-state index is 5.57. The first kappa shape index (κ1) is 33.3. The Morgan fingerprint density at radius 2 is 0.648 bits per heavy atom. The Labute approximate surface area is 317 Å². The van der Waals surface area contributed by atoms with Gasteiger partial charge in [-0.15, -0.1) is 0 Å². The van der Waals surface area contributed by atoms with Crippen LogP contribution in [0.15, 0.2) is 210 Å². The summed E-state index contributed by atoms with van der Waals surface area (Å²) in [4.78, 5) is 21.5. The molecule has 6 aromatic carbocycles. The largest absolute Gasteiger partial charge is 0.341 e. The Morgan fingerprint density at radius 3 is 1.00 bits per heavy atom. The summed E-state index contributed by atoms with van der Waals surface area (Å²) in [6.07, 6.45) is 0. The van der Waals surface area contributed by atoms with Crippen LogP contribution in [0.25, 0.3) is 0 Å². The lowest BCUT2D eigenvalue weighted by atomic mass is 9.93. The molecule has 9 rings (SSSR count). The van der Waals surface area contributed by atoms with Crippen LogP contribution < -0.4 is 0 Å². The highest BCUT2D eigenvalue weighted by Crippen LogP contribution is 2.46. The van der Waals surface area contributed by atoms with E-state index in [4.69, 9.17) is 15.0 Å². The molecule has 3 heterocycles. The first-order valence-corrected chi connectivity index (χ1v) is 18.7. The van der Waals surface area contributed by atoms with Crippen LogP contribution in [0.1, 0.15) is 68.9 Å². The van der Waals surface area contributed by atoms with Gasteiger partial charge in [-0.2, -0.15) is 0 Å². The SMILES string of the molecule is c1ccc(CN2C(c3cccc(C4=N[C@H](c5ccccc5)[C@@H](c5ccccc5)N4Cc4ccccc4)n3)=N[C@H](c3ccccc3)[C@H]2c2ccccc2)cc1. The lowest BCUT2D eigenvalue weighted by molar-refractivity contribution is 0.303. The summed E-state index contributed by atoms with van der Waals surface area (Å²) in [5, 5.41) is 0. The van der Waals surface area contributed by atoms with E-state index in [0.717, 1.165) is 23.1 Å². The third-order valence-corrected chi connectivity index (χ3v) is 10.5. The third-order valence-electron chi connectivity index (χ3n) is 10.5. The smallest absolute Gasteiger partial charge is 0.151 e. The number of aromatic nitrogens is 1. The molecular formula is C49H41N5. The van der Waals surface area contributed by atoms with Gasteiger partial charge in [0.2, 0.25) is 0 Å². The molecule has 5 heteroatoms. The molecule has 4 atom stereocenters. The highest BCUT2D eigenvalue weighted by molar-refractivity contribution is 6.02. The second-order valence-corrected chi connectivity index (χ2v) is 14.0. The highest BCUT2D eigenvalue weighted by Gasteiger charge is 2.41. The fraction of sp³-hybridized carbons (Fsp3) is 0.122. The van der Waals surface area contributed by atoms with Crippen molar-refractivity contribution in [3.63, 3.8) is 0 Å². The van der Waals surface area contributed by atoms with E-state index in [1.54, 1.807) is 0 Å². The van der Waals surface area contributed by atoms with E-state index < -0.39 is 0 Å². The monoisotopic (exact) mass is 699 g/mol. The highest BCUT2D eigenvalue weighted by atomic mass is 15.3. The molecule has 2 aliphatic rings. The number of hydrogen-bond acceptors (Lipinski definition) is 5. The Hall–Kier alpha value is -6.59. The van der Waals surface area contributed by atoms with E-state index in [1.807, 2.05) is 0 Å². The van der Waals surface area contributed by atoms with E-state index in [2.05, 4.69) is 210 Å². The average molecular weight is 700 g/mol. The minimum atomic E-state index is -0.110. The van der Waals surface area contributed by atoms with Crippen LogP contribution in [-0.4, -0.2) is 26.5 Å². The summed E-state index contributed by atoms with van der Waals surface area (Å²) in [6, 6.07) is 70.4. The summed E-state index contributed by atoms with van der Waals surface area (Å²) < 4.78 is 0. The van der Waals surface area contributed by atoms with Crippen molar-refractivity contribution in [2.45, 2.75) is 37.3 Å². The van der Waals surface area contributed by atoms with Gasteiger partial charge in [0.1, 0.15) is 23.5 Å². The van der Waals surface area contributed by atoms with Gasteiger partial charge in [0.05, 0.1) is 12.1 Å². The molecule has 5 nitrogen and oxygen atoms in total. The van der Waals surface area contributed by atoms with Crippen LogP contribution in [0.4, 0.5) is 0 Å². The van der Waals surface area contributed by atoms with E-state index >= 15 is 0 Å². The first-order valence-electron chi connectivity index (χ1n) is 18.7. The van der Waals surface area contributed by atoms with Gasteiger partial charge >= 0.3 is 0 Å². The fourth-order valence-electron chi connectivity index (χ4n) is 8.01. The lowest BCUT2D eigenvalue weighted by Gasteiger charge is -2.32. The van der Waals surface area contributed by atoms with Gasteiger partial charge in [-0.1, -0.05) is 188 Å². The van der Waals surface area contributed by atoms with Crippen LogP contribution in [0, 0.1) is 0 Å². The van der Waals surface area contributed by atoms with Crippen molar-refractivity contribution < 1.29 is 0 Å². The third kappa shape index (κ3) is 6.72. The van der Waals surface area contributed by atoms with Crippen LogP contribution in [0.2, 0.25) is 0 Å². The molecule has 0 amide bonds. The fourth-order valence-corrected chi connectivity index (χ4v) is 8.01. The van der Waals surface area contributed by atoms with Crippen LogP contribution in [0.5, 0.6) is 0 Å². The maximum Gasteiger partial charge on any atom is 0.151 e. The molecule has 0 saturated carbocycles. The Bertz CT molecular complexity index is 2180. The molecule has 0 fully saturated rings. The minimum absolute atomic E-state index is 0.0161. The van der Waals surface area contributed by atoms with Crippen molar-refractivity contribution in [3.8, 4) is 0 Å². The van der Waals surface area contributed by atoms with Crippen molar-refractivity contribution in [2.75, 3.05) is 0 Å². The molecule has 2 aliphatic heterocycles. The molecule has 0 radical (unpaired) electrons. The standard InChI is InChI=1S/C49H41N5/c1-7-20-36(21-8-1)34-53-46(40-28-15-5-16-29-40)44(38-24-11-3-12-25-38)51-48(53)42-32-19-33-43(50-42)49-52-45(39-26-13-4-14-27-39)47(41-30-17-6-18-31-41)54(49)35-37-22-9-2-10-23-37/h1-33,44-47H,34-35H2/t44-,45-,46-,47-/m1/s1. The maximum atomic E-state index is 5.57. The topological polar surface area (TPSA) is 44.1 Å². The average Bonchev–Trinajstić information content (AvgIpc) is 3.82. The summed E-state index contributed by atoms with van der Waals surface area (Å²) in [7, 11) is 0. The predicted octanol–water partition coefficient (Wildman–Crippen LogP) is 10.6. The summed E-state index contributed by atoms with van der Waals surface area (Å²) in [6.45, 7) is 1.39.